The molecule has 0 radical (unpaired) electrons. The van der Waals surface area contributed by atoms with Crippen LogP contribution in [0.1, 0.15) is 11.3 Å². The third-order valence-corrected chi connectivity index (χ3v) is 3.29. The third kappa shape index (κ3) is 3.65. The Kier molecular flexibility index (Phi) is 4.22. The number of hydrogen-bond donors (Lipinski definition) is 2. The molecule has 3 aromatic rings. The minimum atomic E-state index is -0.468. The number of anilines is 1. The lowest BCUT2D eigenvalue weighted by atomic mass is 10.3. The van der Waals surface area contributed by atoms with Crippen molar-refractivity contribution < 1.29 is 9.18 Å². The molecule has 3 rings (SSSR count). The van der Waals surface area contributed by atoms with Crippen LogP contribution in [0.5, 0.6) is 0 Å². The second kappa shape index (κ2) is 6.47. The Balaban J connectivity index is 1.57. The fraction of sp³-hybridized carbons (Fsp3) is 0.267. The summed E-state index contributed by atoms with van der Waals surface area (Å²) in [5.41, 5.74) is 3.16. The third-order valence-electron chi connectivity index (χ3n) is 3.29. The maximum atomic E-state index is 12.2. The normalized spacial score (nSPS) is 10.9. The number of rotatable bonds is 5. The van der Waals surface area contributed by atoms with E-state index in [1.807, 2.05) is 23.7 Å². The molecule has 0 bridgehead atoms. The predicted molar refractivity (Wildman–Crippen MR) is 84.0 cm³/mol. The molecule has 0 aliphatic rings. The van der Waals surface area contributed by atoms with Crippen LogP contribution in [0.4, 0.5) is 14.9 Å². The Hall–Kier alpha value is -2.90. The highest BCUT2D eigenvalue weighted by Gasteiger charge is 2.05. The lowest BCUT2D eigenvalue weighted by molar-refractivity contribution is 0.251. The molecule has 0 aliphatic heterocycles. The molecule has 2 N–H and O–H groups in total. The van der Waals surface area contributed by atoms with Crippen molar-refractivity contribution in [2.24, 2.45) is 0 Å². The Bertz CT molecular complexity index is 824. The monoisotopic (exact) mass is 316 g/mol. The number of urea groups is 1. The largest absolute Gasteiger partial charge is 0.334 e. The molecule has 0 atom stereocenters. The van der Waals surface area contributed by atoms with E-state index in [1.54, 1.807) is 24.5 Å². The lowest BCUT2D eigenvalue weighted by Crippen LogP contribution is -2.28. The average Bonchev–Trinajstić information content (AvgIpc) is 3.10. The Morgan fingerprint density at radius 3 is 3.09 bits per heavy atom. The molecular formula is C15H17FN6O. The van der Waals surface area contributed by atoms with Gasteiger partial charge in [0.25, 0.3) is 0 Å². The highest BCUT2D eigenvalue weighted by molar-refractivity contribution is 5.89. The van der Waals surface area contributed by atoms with Crippen molar-refractivity contribution >= 4 is 17.4 Å². The number of halogens is 1. The average molecular weight is 316 g/mol. The van der Waals surface area contributed by atoms with Crippen LogP contribution < -0.4 is 10.6 Å². The SMILES string of the molecule is Cc1cn2ccc(NC(=O)NCc3cnn(CCF)c3)cc2n1. The molecule has 23 heavy (non-hydrogen) atoms. The zero-order chi connectivity index (χ0) is 16.2. The van der Waals surface area contributed by atoms with Gasteiger partial charge >= 0.3 is 6.03 Å². The first kappa shape index (κ1) is 15.0. The van der Waals surface area contributed by atoms with Gasteiger partial charge in [-0.1, -0.05) is 0 Å². The number of alkyl halides is 1. The molecule has 0 saturated heterocycles. The van der Waals surface area contributed by atoms with E-state index in [4.69, 9.17) is 0 Å². The number of nitrogens with one attached hydrogen (secondary N) is 2. The topological polar surface area (TPSA) is 76.2 Å². The Morgan fingerprint density at radius 2 is 2.26 bits per heavy atom. The highest BCUT2D eigenvalue weighted by Crippen LogP contribution is 2.12. The molecule has 0 aromatic carbocycles. The summed E-state index contributed by atoms with van der Waals surface area (Å²) in [6.45, 7) is 1.99. The van der Waals surface area contributed by atoms with Crippen LogP contribution in [0.2, 0.25) is 0 Å². The van der Waals surface area contributed by atoms with Crippen molar-refractivity contribution in [2.45, 2.75) is 20.0 Å². The van der Waals surface area contributed by atoms with Gasteiger partial charge < -0.3 is 15.0 Å². The number of aromatic nitrogens is 4. The summed E-state index contributed by atoms with van der Waals surface area (Å²) >= 11 is 0. The van der Waals surface area contributed by atoms with Crippen LogP contribution in [-0.2, 0) is 13.1 Å². The van der Waals surface area contributed by atoms with Crippen molar-refractivity contribution in [1.29, 1.82) is 0 Å². The fourth-order valence-corrected chi connectivity index (χ4v) is 2.25. The molecule has 0 spiro atoms. The van der Waals surface area contributed by atoms with Gasteiger partial charge in [-0.25, -0.2) is 14.2 Å². The zero-order valence-electron chi connectivity index (χ0n) is 12.7. The molecule has 8 heteroatoms. The lowest BCUT2D eigenvalue weighted by Gasteiger charge is -2.07. The molecule has 0 unspecified atom stereocenters. The first-order valence-electron chi connectivity index (χ1n) is 7.21. The predicted octanol–water partition coefficient (Wildman–Crippen LogP) is 2.13. The number of fused-ring (bicyclic) bond motifs is 1. The number of carbonyl (C=O) groups excluding carboxylic acids is 1. The quantitative estimate of drug-likeness (QED) is 0.757. The van der Waals surface area contributed by atoms with Gasteiger partial charge in [0.1, 0.15) is 12.3 Å². The van der Waals surface area contributed by atoms with Crippen LogP contribution in [0.3, 0.4) is 0 Å². The molecule has 3 heterocycles. The number of imidazole rings is 1. The van der Waals surface area contributed by atoms with Crippen LogP contribution in [0, 0.1) is 6.92 Å². The van der Waals surface area contributed by atoms with E-state index in [-0.39, 0.29) is 12.6 Å². The van der Waals surface area contributed by atoms with Crippen LogP contribution in [0.15, 0.2) is 36.9 Å². The van der Waals surface area contributed by atoms with Crippen LogP contribution >= 0.6 is 0 Å². The summed E-state index contributed by atoms with van der Waals surface area (Å²) in [4.78, 5) is 16.3. The van der Waals surface area contributed by atoms with Gasteiger partial charge in [0.05, 0.1) is 18.4 Å². The van der Waals surface area contributed by atoms with Crippen molar-refractivity contribution in [3.63, 3.8) is 0 Å². The van der Waals surface area contributed by atoms with E-state index < -0.39 is 6.67 Å². The van der Waals surface area contributed by atoms with Crippen molar-refractivity contribution in [3.05, 3.63) is 48.2 Å². The van der Waals surface area contributed by atoms with Gasteiger partial charge in [0, 0.05) is 42.5 Å². The summed E-state index contributed by atoms with van der Waals surface area (Å²) in [5.74, 6) is 0. The maximum absolute atomic E-state index is 12.2. The van der Waals surface area contributed by atoms with Gasteiger partial charge in [0.15, 0.2) is 0 Å². The first-order valence-corrected chi connectivity index (χ1v) is 7.21. The summed E-state index contributed by atoms with van der Waals surface area (Å²) in [6, 6.07) is 3.27. The number of pyridine rings is 1. The number of carbonyl (C=O) groups is 1. The fourth-order valence-electron chi connectivity index (χ4n) is 2.25. The smallest absolute Gasteiger partial charge is 0.319 e. The van der Waals surface area contributed by atoms with Gasteiger partial charge in [-0.3, -0.25) is 4.68 Å². The highest BCUT2D eigenvalue weighted by atomic mass is 19.1. The van der Waals surface area contributed by atoms with Crippen LogP contribution in [-0.4, -0.2) is 31.9 Å². The molecule has 120 valence electrons. The molecule has 3 aromatic heterocycles. The van der Waals surface area contributed by atoms with E-state index in [0.717, 1.165) is 16.9 Å². The van der Waals surface area contributed by atoms with Gasteiger partial charge in [0.2, 0.25) is 0 Å². The maximum Gasteiger partial charge on any atom is 0.319 e. The van der Waals surface area contributed by atoms with E-state index in [0.29, 0.717) is 12.2 Å². The zero-order valence-corrected chi connectivity index (χ0v) is 12.7. The molecular weight excluding hydrogens is 299 g/mol. The van der Waals surface area contributed by atoms with Crippen LogP contribution in [0.25, 0.3) is 5.65 Å². The standard InChI is InChI=1S/C15H17FN6O/c1-11-9-21-4-2-13(6-14(21)19-11)20-15(23)17-7-12-8-18-22(10-12)5-3-16/h2,4,6,8-10H,3,5,7H2,1H3,(H2,17,20,23). The molecule has 0 aliphatic carbocycles. The minimum absolute atomic E-state index is 0.218. The second-order valence-corrected chi connectivity index (χ2v) is 5.17. The summed E-state index contributed by atoms with van der Waals surface area (Å²) in [7, 11) is 0. The summed E-state index contributed by atoms with van der Waals surface area (Å²) in [6.07, 6.45) is 7.06. The summed E-state index contributed by atoms with van der Waals surface area (Å²) < 4.78 is 15.6. The van der Waals surface area contributed by atoms with E-state index in [1.165, 1.54) is 4.68 Å². The molecule has 7 nitrogen and oxygen atoms in total. The number of amides is 2. The van der Waals surface area contributed by atoms with Crippen molar-refractivity contribution in [2.75, 3.05) is 12.0 Å². The van der Waals surface area contributed by atoms with Gasteiger partial charge in [-0.2, -0.15) is 5.10 Å². The minimum Gasteiger partial charge on any atom is -0.334 e. The second-order valence-electron chi connectivity index (χ2n) is 5.17. The molecule has 2 amide bonds. The van der Waals surface area contributed by atoms with Crippen molar-refractivity contribution in [1.82, 2.24) is 24.5 Å². The number of nitrogens with zero attached hydrogens (tertiary/aromatic N) is 4. The van der Waals surface area contributed by atoms with Gasteiger partial charge in [-0.05, 0) is 13.0 Å². The number of hydrogen-bond acceptors (Lipinski definition) is 3. The molecule has 0 fully saturated rings. The van der Waals surface area contributed by atoms with Gasteiger partial charge in [-0.15, -0.1) is 0 Å². The van der Waals surface area contributed by atoms with E-state index >= 15 is 0 Å². The first-order chi connectivity index (χ1) is 11.1. The molecule has 0 saturated carbocycles. The number of aryl methyl sites for hydroxylation is 2. The summed E-state index contributed by atoms with van der Waals surface area (Å²) in [5, 5.41) is 9.49. The van der Waals surface area contributed by atoms with Crippen molar-refractivity contribution in [3.8, 4) is 0 Å². The van der Waals surface area contributed by atoms with E-state index in [9.17, 15) is 9.18 Å². The Labute approximate surface area is 132 Å². The Morgan fingerprint density at radius 1 is 1.39 bits per heavy atom. The van der Waals surface area contributed by atoms with E-state index in [2.05, 4.69) is 20.7 Å².